The zero-order chi connectivity index (χ0) is 30.2. The molecule has 1 aromatic carbocycles. The molecule has 3 N–H and O–H groups in total. The molecular weight excluding hydrogens is 584 g/mol. The first-order valence-electron chi connectivity index (χ1n) is 13.3. The van der Waals surface area contributed by atoms with Crippen LogP contribution in [0.2, 0.25) is 25.2 Å². The summed E-state index contributed by atoms with van der Waals surface area (Å²) in [5.74, 6) is -6.70. The molecule has 1 aromatic heterocycles. The number of aliphatic hydroxyl groups is 1. The molecule has 0 saturated carbocycles. The van der Waals surface area contributed by atoms with E-state index in [1.54, 1.807) is 16.7 Å². The van der Waals surface area contributed by atoms with Gasteiger partial charge in [0.15, 0.2) is 5.82 Å². The van der Waals surface area contributed by atoms with Crippen molar-refractivity contribution in [2.75, 3.05) is 58.4 Å². The first-order valence-corrected chi connectivity index (χ1v) is 18.3. The maximum absolute atomic E-state index is 15.9. The van der Waals surface area contributed by atoms with Gasteiger partial charge >= 0.3 is 0 Å². The van der Waals surface area contributed by atoms with Gasteiger partial charge in [0.25, 0.3) is 11.8 Å². The molecule has 0 unspecified atom stereocenters. The Morgan fingerprint density at radius 1 is 1.07 bits per heavy atom. The van der Waals surface area contributed by atoms with Crippen molar-refractivity contribution < 1.29 is 35.9 Å². The lowest BCUT2D eigenvalue weighted by molar-refractivity contribution is -0.0222. The van der Waals surface area contributed by atoms with Gasteiger partial charge in [0.1, 0.15) is 17.2 Å². The van der Waals surface area contributed by atoms with Gasteiger partial charge in [0.05, 0.1) is 31.8 Å². The number of piperidine rings is 1. The molecule has 2 fully saturated rings. The van der Waals surface area contributed by atoms with Crippen molar-refractivity contribution in [2.24, 2.45) is 0 Å². The molecule has 2 aliphatic heterocycles. The third kappa shape index (κ3) is 7.46. The predicted molar refractivity (Wildman–Crippen MR) is 151 cm³/mol. The maximum atomic E-state index is 15.9. The average molecular weight is 619 g/mol. The molecule has 2 aromatic rings. The van der Waals surface area contributed by atoms with E-state index in [0.717, 1.165) is 12.1 Å². The van der Waals surface area contributed by atoms with E-state index in [2.05, 4.69) is 28.4 Å². The summed E-state index contributed by atoms with van der Waals surface area (Å²) >= 11 is 0. The summed E-state index contributed by atoms with van der Waals surface area (Å²) in [6, 6.07) is 3.51. The van der Waals surface area contributed by atoms with Gasteiger partial charge in [0.2, 0.25) is 16.0 Å². The van der Waals surface area contributed by atoms with Gasteiger partial charge in [-0.2, -0.15) is 4.98 Å². The van der Waals surface area contributed by atoms with Crippen molar-refractivity contribution in [3.63, 3.8) is 0 Å². The third-order valence-corrected chi connectivity index (χ3v) is 11.7. The molecule has 41 heavy (non-hydrogen) atoms. The maximum Gasteiger partial charge on any atom is 0.262 e. The van der Waals surface area contributed by atoms with E-state index in [4.69, 9.17) is 5.11 Å². The smallest absolute Gasteiger partial charge is 0.262 e. The fraction of sp³-hybridized carbons (Fsp3) is 0.560. The van der Waals surface area contributed by atoms with E-state index in [0.29, 0.717) is 24.8 Å². The molecule has 2 saturated heterocycles. The molecule has 3 heterocycles. The first kappa shape index (κ1) is 31.0. The fourth-order valence-corrected chi connectivity index (χ4v) is 7.67. The Morgan fingerprint density at radius 3 is 2.32 bits per heavy atom. The standard InChI is InChI=1S/C25H34F4N6O4SSi/c1-16-14-19(32-24(30-16)35-6-4-25(28,29)5-7-35)31-23(37)20-17(26)15-18(33-40(38,39)11-10-36)21(27)22(20)34-8-12-41(2,3)13-9-34/h14-15,33,36H,4-13H2,1-3H3,(H,30,31,32,37). The molecule has 0 bridgehead atoms. The van der Waals surface area contributed by atoms with Crippen LogP contribution in [0.25, 0.3) is 0 Å². The van der Waals surface area contributed by atoms with Gasteiger partial charge < -0.3 is 20.2 Å². The van der Waals surface area contributed by atoms with Gasteiger partial charge in [-0.1, -0.05) is 13.1 Å². The lowest BCUT2D eigenvalue weighted by Gasteiger charge is -2.38. The monoisotopic (exact) mass is 618 g/mol. The number of nitrogens with zero attached hydrogens (tertiary/aromatic N) is 4. The molecule has 1 amide bonds. The van der Waals surface area contributed by atoms with Crippen molar-refractivity contribution in [3.05, 3.63) is 35.0 Å². The number of halogens is 4. The number of nitrogens with one attached hydrogen (secondary N) is 2. The number of hydrogen-bond acceptors (Lipinski definition) is 8. The number of carbonyl (C=O) groups is 1. The Labute approximate surface area is 237 Å². The summed E-state index contributed by atoms with van der Waals surface area (Å²) < 4.78 is 85.2. The van der Waals surface area contributed by atoms with E-state index in [1.807, 2.05) is 4.72 Å². The third-order valence-electron chi connectivity index (χ3n) is 7.34. The molecule has 0 spiro atoms. The largest absolute Gasteiger partial charge is 0.395 e. The van der Waals surface area contributed by atoms with Crippen LogP contribution in [0, 0.1) is 18.6 Å². The number of carbonyl (C=O) groups excluding carboxylic acids is 1. The fourth-order valence-electron chi connectivity index (χ4n) is 4.85. The van der Waals surface area contributed by atoms with E-state index in [-0.39, 0.29) is 43.4 Å². The Kier molecular flexibility index (Phi) is 8.85. The molecule has 226 valence electrons. The second kappa shape index (κ2) is 11.7. The lowest BCUT2D eigenvalue weighted by Crippen LogP contribution is -2.44. The quantitative estimate of drug-likeness (QED) is 0.301. The van der Waals surface area contributed by atoms with Gasteiger partial charge in [0, 0.05) is 56.8 Å². The topological polar surface area (TPSA) is 128 Å². The number of aliphatic hydroxyl groups excluding tert-OH is 1. The zero-order valence-electron chi connectivity index (χ0n) is 23.1. The molecule has 10 nitrogen and oxygen atoms in total. The Balaban J connectivity index is 1.69. The van der Waals surface area contributed by atoms with E-state index >= 15 is 8.78 Å². The summed E-state index contributed by atoms with van der Waals surface area (Å²) in [7, 11) is -5.76. The van der Waals surface area contributed by atoms with E-state index < -0.39 is 65.2 Å². The number of hydrogen-bond donors (Lipinski definition) is 3. The highest BCUT2D eigenvalue weighted by Gasteiger charge is 2.36. The van der Waals surface area contributed by atoms with Crippen molar-refractivity contribution in [1.29, 1.82) is 0 Å². The summed E-state index contributed by atoms with van der Waals surface area (Å²) in [4.78, 5) is 25.1. The number of alkyl halides is 2. The Hall–Kier alpha value is -2.98. The van der Waals surface area contributed by atoms with Gasteiger partial charge in [-0.25, -0.2) is 31.0 Å². The second-order valence-electron chi connectivity index (χ2n) is 11.2. The van der Waals surface area contributed by atoms with Gasteiger partial charge in [-0.05, 0) is 19.0 Å². The van der Waals surface area contributed by atoms with Crippen LogP contribution < -0.4 is 19.8 Å². The lowest BCUT2D eigenvalue weighted by atomic mass is 10.1. The molecule has 4 rings (SSSR count). The van der Waals surface area contributed by atoms with E-state index in [9.17, 15) is 22.0 Å². The van der Waals surface area contributed by atoms with Crippen molar-refractivity contribution in [1.82, 2.24) is 9.97 Å². The minimum atomic E-state index is -4.19. The molecule has 2 aliphatic rings. The van der Waals surface area contributed by atoms with Crippen LogP contribution in [-0.4, -0.2) is 81.9 Å². The van der Waals surface area contributed by atoms with Gasteiger partial charge in [-0.15, -0.1) is 0 Å². The van der Waals surface area contributed by atoms with Crippen LogP contribution in [0.15, 0.2) is 12.1 Å². The van der Waals surface area contributed by atoms with Gasteiger partial charge in [-0.3, -0.25) is 9.52 Å². The number of rotatable bonds is 8. The summed E-state index contributed by atoms with van der Waals surface area (Å²) in [6.45, 7) is 5.96. The highest BCUT2D eigenvalue weighted by atomic mass is 32.2. The number of anilines is 4. The number of aryl methyl sites for hydroxylation is 1. The number of aromatic nitrogens is 2. The SMILES string of the molecule is Cc1cc(NC(=O)c2c(F)cc(NS(=O)(=O)CCO)c(F)c2N2CC[Si](C)(C)CC2)nc(N2CCC(F)(F)CC2)n1. The molecule has 0 atom stereocenters. The highest BCUT2D eigenvalue weighted by Crippen LogP contribution is 2.37. The van der Waals surface area contributed by atoms with Crippen molar-refractivity contribution >= 4 is 47.1 Å². The minimum Gasteiger partial charge on any atom is -0.395 e. The number of amides is 1. The summed E-state index contributed by atoms with van der Waals surface area (Å²) in [6.07, 6.45) is -0.743. The Morgan fingerprint density at radius 2 is 1.71 bits per heavy atom. The number of sulfonamides is 1. The second-order valence-corrected chi connectivity index (χ2v) is 18.4. The molecule has 0 aliphatic carbocycles. The van der Waals surface area contributed by atoms with Crippen LogP contribution in [-0.2, 0) is 10.0 Å². The van der Waals surface area contributed by atoms with Crippen molar-refractivity contribution in [3.8, 4) is 0 Å². The summed E-state index contributed by atoms with van der Waals surface area (Å²) in [5, 5.41) is 11.5. The van der Waals surface area contributed by atoms with Crippen LogP contribution in [0.5, 0.6) is 0 Å². The minimum absolute atomic E-state index is 0.0100. The van der Waals surface area contributed by atoms with Crippen LogP contribution in [0.4, 0.5) is 40.7 Å². The summed E-state index contributed by atoms with van der Waals surface area (Å²) in [5.41, 5.74) is -1.25. The van der Waals surface area contributed by atoms with Crippen LogP contribution in [0.3, 0.4) is 0 Å². The molecule has 16 heteroatoms. The average Bonchev–Trinajstić information content (AvgIpc) is 2.85. The normalized spacial score (nSPS) is 18.7. The van der Waals surface area contributed by atoms with Crippen LogP contribution >= 0.6 is 0 Å². The Bertz CT molecular complexity index is 1410. The molecular formula is C25H34F4N6O4SSi. The zero-order valence-corrected chi connectivity index (χ0v) is 24.9. The van der Waals surface area contributed by atoms with Crippen molar-refractivity contribution in [2.45, 2.75) is 50.9 Å². The first-order chi connectivity index (χ1) is 19.1. The number of benzene rings is 1. The molecule has 0 radical (unpaired) electrons. The highest BCUT2D eigenvalue weighted by molar-refractivity contribution is 7.92. The predicted octanol–water partition coefficient (Wildman–Crippen LogP) is 3.81. The van der Waals surface area contributed by atoms with Crippen LogP contribution in [0.1, 0.15) is 28.9 Å². The van der Waals surface area contributed by atoms with E-state index in [1.165, 1.54) is 6.07 Å².